The van der Waals surface area contributed by atoms with Crippen LogP contribution in [-0.2, 0) is 26.1 Å². The highest BCUT2D eigenvalue weighted by molar-refractivity contribution is 7.86. The summed E-state index contributed by atoms with van der Waals surface area (Å²) in [6.45, 7) is 14.6. The van der Waals surface area contributed by atoms with Crippen LogP contribution in [0.3, 0.4) is 0 Å². The van der Waals surface area contributed by atoms with Crippen LogP contribution in [0.5, 0.6) is 17.2 Å². The van der Waals surface area contributed by atoms with Crippen molar-refractivity contribution >= 4 is 33.4 Å². The standard InChI is InChI=1S/C66H80N4O9S/c1-6-7-10-20-52(32-28-47(2)49(4)70-68-45-57-25-16-17-27-65(57)80(73,74)75)50(5)67-38-19-40-76-59-35-30-51(31-36-59)41-61(66(71)72)69-60(54-23-14-15-24-54)26-13-9-18-39-77-63-44-58(56-34-37-62-64(43-56)79-46-78-62)42-55(33-29-48(63)3)53-21-11-8-12-22-53/h8,10-12,16-17,20-22,25,27-28,30-32,34-37,42-45,49,61,67,69-70H,5-7,9,13-15,18-19,23-24,26,29,33,38-41,46H2,1-4H3,(H,71,72)(H,73,74,75)/p+1/b20-10-,47-28+,52-32+,55-42-,58-44+,63-48-,68-45+/t49-,61?/m1/s1. The Hall–Kier alpha value is -7.39. The number of allylic oxidation sites excluding steroid dienone is 11. The summed E-state index contributed by atoms with van der Waals surface area (Å²) < 4.78 is 57.1. The highest BCUT2D eigenvalue weighted by Gasteiger charge is 2.23. The molecule has 0 amide bonds. The van der Waals surface area contributed by atoms with Crippen molar-refractivity contribution in [2.75, 3.05) is 26.6 Å². The van der Waals surface area contributed by atoms with Crippen molar-refractivity contribution in [1.29, 1.82) is 0 Å². The minimum atomic E-state index is -4.37. The molecule has 4 aromatic rings. The summed E-state index contributed by atoms with van der Waals surface area (Å²) in [5.74, 6) is 2.27. The molecule has 14 heteroatoms. The van der Waals surface area contributed by atoms with E-state index < -0.39 is 22.1 Å². The molecule has 7 rings (SSSR count). The zero-order chi connectivity index (χ0) is 56.7. The third-order valence-electron chi connectivity index (χ3n) is 14.6. The first-order valence-electron chi connectivity index (χ1n) is 28.3. The number of carboxylic acids is 1. The Morgan fingerprint density at radius 2 is 1.61 bits per heavy atom. The lowest BCUT2D eigenvalue weighted by Crippen LogP contribution is -2.84. The van der Waals surface area contributed by atoms with Crippen molar-refractivity contribution in [3.63, 3.8) is 0 Å². The molecule has 80 heavy (non-hydrogen) atoms. The quantitative estimate of drug-likeness (QED) is 0.00837. The molecule has 0 radical (unpaired) electrons. The molecule has 1 aliphatic heterocycles. The molecule has 2 aliphatic carbocycles. The Kier molecular flexibility index (Phi) is 23.2. The van der Waals surface area contributed by atoms with Crippen LogP contribution >= 0.6 is 0 Å². The van der Waals surface area contributed by atoms with E-state index in [1.165, 1.54) is 34.6 Å². The first-order chi connectivity index (χ1) is 38.7. The van der Waals surface area contributed by atoms with Crippen molar-refractivity contribution in [3.05, 3.63) is 202 Å². The molecule has 2 atom stereocenters. The zero-order valence-electron chi connectivity index (χ0n) is 47.1. The number of quaternary nitrogens is 1. The molecule has 1 heterocycles. The average molecular weight is 1110 g/mol. The summed E-state index contributed by atoms with van der Waals surface area (Å²) >= 11 is 0. The molecule has 1 fully saturated rings. The molecule has 0 aromatic heterocycles. The van der Waals surface area contributed by atoms with E-state index in [0.717, 1.165) is 146 Å². The van der Waals surface area contributed by atoms with Gasteiger partial charge in [0, 0.05) is 29.9 Å². The number of nitrogens with zero attached hydrogens (tertiary/aromatic N) is 1. The second kappa shape index (κ2) is 30.8. The number of rotatable bonds is 30. The van der Waals surface area contributed by atoms with Gasteiger partial charge in [0.05, 0.1) is 19.4 Å². The number of nitrogens with two attached hydrogens (primary N) is 1. The zero-order valence-corrected chi connectivity index (χ0v) is 47.9. The number of hydrogen-bond acceptors (Lipinski definition) is 10. The fourth-order valence-corrected chi connectivity index (χ4v) is 10.4. The van der Waals surface area contributed by atoms with Crippen LogP contribution in [0.15, 0.2) is 190 Å². The lowest BCUT2D eigenvalue weighted by molar-refractivity contribution is -0.683. The van der Waals surface area contributed by atoms with Gasteiger partial charge in [-0.05, 0) is 179 Å². The Balaban J connectivity index is 0.862. The first kappa shape index (κ1) is 60.3. The van der Waals surface area contributed by atoms with Gasteiger partial charge in [-0.15, -0.1) is 0 Å². The number of benzene rings is 4. The lowest BCUT2D eigenvalue weighted by atomic mass is 9.91. The maximum Gasteiger partial charge on any atom is 0.326 e. The third-order valence-corrected chi connectivity index (χ3v) is 15.6. The van der Waals surface area contributed by atoms with Gasteiger partial charge in [-0.25, -0.2) is 10.2 Å². The molecule has 1 unspecified atom stereocenters. The molecule has 3 aliphatic rings. The molecule has 0 saturated heterocycles. The molecule has 0 spiro atoms. The van der Waals surface area contributed by atoms with Gasteiger partial charge in [0.25, 0.3) is 10.1 Å². The summed E-state index contributed by atoms with van der Waals surface area (Å²) in [5, 5.41) is 21.8. The monoisotopic (exact) mass is 1110 g/mol. The number of fused-ring (bicyclic) bond motifs is 1. The number of hydrogen-bond donors (Lipinski definition) is 5. The van der Waals surface area contributed by atoms with Crippen LogP contribution in [0.4, 0.5) is 0 Å². The predicted molar refractivity (Wildman–Crippen MR) is 320 cm³/mol. The number of nitrogens with one attached hydrogen (secondary N) is 2. The normalized spacial score (nSPS) is 18.0. The molecule has 1 saturated carbocycles. The Morgan fingerprint density at radius 3 is 2.38 bits per heavy atom. The Morgan fingerprint density at radius 1 is 0.863 bits per heavy atom. The maximum absolute atomic E-state index is 12.8. The van der Waals surface area contributed by atoms with Crippen LogP contribution in [0.25, 0.3) is 11.1 Å². The van der Waals surface area contributed by atoms with Gasteiger partial charge < -0.3 is 34.7 Å². The average Bonchev–Trinajstić information content (AvgIpc) is 4.18. The first-order valence-corrected chi connectivity index (χ1v) is 29.7. The predicted octanol–water partition coefficient (Wildman–Crippen LogP) is 13.0. The lowest BCUT2D eigenvalue weighted by Gasteiger charge is -2.21. The number of carboxylic acid groups (broad SMARTS) is 1. The van der Waals surface area contributed by atoms with Gasteiger partial charge in [-0.2, -0.15) is 8.42 Å². The fourth-order valence-electron chi connectivity index (χ4n) is 9.69. The van der Waals surface area contributed by atoms with Gasteiger partial charge in [0.15, 0.2) is 11.5 Å². The van der Waals surface area contributed by atoms with Crippen LogP contribution in [0, 0.1) is 0 Å². The van der Waals surface area contributed by atoms with Crippen LogP contribution < -0.4 is 30.3 Å². The second-order valence-electron chi connectivity index (χ2n) is 20.7. The smallest absolute Gasteiger partial charge is 0.326 e. The SMILES string of the molecule is C=C(NCCCOc1ccc(CC(NC(CCCCCOC2=C(/C)CC/C(c3ccccc3)=C/C(c3ccc4c(c3)OCO4)=C\2)=C2CCCC2)C(=O)O)cc1)C(/C=C\CCC)=C/C=C(\C)[C@@H](C)[NH2+]/N=C/c1ccccc1S(=O)(=O)O. The van der Waals surface area contributed by atoms with Gasteiger partial charge in [-0.1, -0.05) is 128 Å². The topological polar surface area (TPSA) is 182 Å². The molecule has 424 valence electrons. The van der Waals surface area contributed by atoms with Gasteiger partial charge in [0.1, 0.15) is 28.5 Å². The van der Waals surface area contributed by atoms with Crippen LogP contribution in [0.1, 0.15) is 133 Å². The molecular formula is C66H81N4O9S+. The molecule has 13 nitrogen and oxygen atoms in total. The van der Waals surface area contributed by atoms with E-state index in [4.69, 9.17) is 18.9 Å². The van der Waals surface area contributed by atoms with E-state index in [9.17, 15) is 22.9 Å². The number of unbranched alkanes of at least 4 members (excludes halogenated alkanes) is 3. The van der Waals surface area contributed by atoms with E-state index in [0.29, 0.717) is 31.7 Å². The third kappa shape index (κ3) is 18.6. The molecule has 6 N–H and O–H groups in total. The summed E-state index contributed by atoms with van der Waals surface area (Å²) in [6, 6.07) is 29.8. The van der Waals surface area contributed by atoms with Gasteiger partial charge in [-0.3, -0.25) is 4.55 Å². The molecule has 4 aromatic carbocycles. The van der Waals surface area contributed by atoms with Crippen molar-refractivity contribution < 1.29 is 47.2 Å². The highest BCUT2D eigenvalue weighted by Crippen LogP contribution is 2.38. The van der Waals surface area contributed by atoms with E-state index in [2.05, 4.69) is 90.8 Å². The van der Waals surface area contributed by atoms with Crippen molar-refractivity contribution in [1.82, 2.24) is 10.6 Å². The van der Waals surface area contributed by atoms with E-state index in [1.807, 2.05) is 68.5 Å². The van der Waals surface area contributed by atoms with E-state index >= 15 is 0 Å². The summed E-state index contributed by atoms with van der Waals surface area (Å²) in [6.07, 6.45) is 26.8. The Labute approximate surface area is 474 Å². The molecular weight excluding hydrogens is 1020 g/mol. The van der Waals surface area contributed by atoms with Crippen molar-refractivity contribution in [2.24, 2.45) is 5.10 Å². The van der Waals surface area contributed by atoms with Gasteiger partial charge >= 0.3 is 5.97 Å². The van der Waals surface area contributed by atoms with E-state index in [-0.39, 0.29) is 17.7 Å². The minimum absolute atomic E-state index is 0.0448. The fraction of sp³-hybridized carbons (Fsp3) is 0.364. The maximum atomic E-state index is 12.8. The number of carbonyl (C=O) groups is 1. The minimum Gasteiger partial charge on any atom is -0.494 e. The van der Waals surface area contributed by atoms with Crippen LogP contribution in [0.2, 0.25) is 0 Å². The highest BCUT2D eigenvalue weighted by atomic mass is 32.2. The number of ether oxygens (including phenoxy) is 4. The van der Waals surface area contributed by atoms with Crippen molar-refractivity contribution in [2.45, 2.75) is 135 Å². The van der Waals surface area contributed by atoms with Gasteiger partial charge in [0.2, 0.25) is 6.79 Å². The number of aliphatic carboxylic acids is 1. The summed E-state index contributed by atoms with van der Waals surface area (Å²) in [5.41, 5.74) is 14.0. The summed E-state index contributed by atoms with van der Waals surface area (Å²) in [7, 11) is -4.37. The Bertz CT molecular complexity index is 3110. The van der Waals surface area contributed by atoms with Crippen molar-refractivity contribution in [3.8, 4) is 17.2 Å². The summed E-state index contributed by atoms with van der Waals surface area (Å²) in [4.78, 5) is 12.6. The largest absolute Gasteiger partial charge is 0.494 e. The van der Waals surface area contributed by atoms with E-state index in [1.54, 1.807) is 23.6 Å². The van der Waals surface area contributed by atoms with Crippen LogP contribution in [-0.4, -0.2) is 68.9 Å². The second-order valence-corrected chi connectivity index (χ2v) is 22.1. The molecule has 0 bridgehead atoms.